The summed E-state index contributed by atoms with van der Waals surface area (Å²) in [6, 6.07) is 13.6. The highest BCUT2D eigenvalue weighted by atomic mass is 35.6. The van der Waals surface area contributed by atoms with Crippen molar-refractivity contribution in [1.29, 1.82) is 0 Å². The zero-order valence-corrected chi connectivity index (χ0v) is 14.7. The Bertz CT molecular complexity index is 683. The number of carbonyl (C=O) groups is 1. The number of aliphatic imine (C=N–C) groups is 1. The summed E-state index contributed by atoms with van der Waals surface area (Å²) < 4.78 is 15.6. The molecular formula is C16H13Cl3FNO3. The molecule has 0 aliphatic rings. The van der Waals surface area contributed by atoms with E-state index in [9.17, 15) is 9.18 Å². The SMILES string of the molecule is COc1ccc(C=Nc2ccc(F)cc2)cc1.O=C(O)C(Cl)(Cl)Cl. The molecule has 0 saturated carbocycles. The summed E-state index contributed by atoms with van der Waals surface area (Å²) in [5, 5.41) is 7.85. The number of carboxylic acid groups (broad SMARTS) is 1. The summed E-state index contributed by atoms with van der Waals surface area (Å²) in [5.41, 5.74) is 1.69. The Balaban J connectivity index is 0.000000351. The molecule has 0 unspecified atom stereocenters. The second-order valence-electron chi connectivity index (χ2n) is 4.31. The molecule has 0 radical (unpaired) electrons. The number of carboxylic acids is 1. The fourth-order valence-corrected chi connectivity index (χ4v) is 1.37. The van der Waals surface area contributed by atoms with E-state index in [-0.39, 0.29) is 5.82 Å². The maximum atomic E-state index is 12.7. The van der Waals surface area contributed by atoms with Gasteiger partial charge in [0.25, 0.3) is 3.79 Å². The number of halogens is 4. The molecule has 2 aromatic rings. The normalized spacial score (nSPS) is 10.9. The van der Waals surface area contributed by atoms with Crippen LogP contribution in [-0.4, -0.2) is 28.2 Å². The van der Waals surface area contributed by atoms with Crippen LogP contribution in [0, 0.1) is 5.82 Å². The van der Waals surface area contributed by atoms with Gasteiger partial charge in [0.15, 0.2) is 0 Å². The summed E-state index contributed by atoms with van der Waals surface area (Å²) in [7, 11) is 1.63. The molecule has 2 rings (SSSR count). The van der Waals surface area contributed by atoms with Gasteiger partial charge in [0.1, 0.15) is 11.6 Å². The van der Waals surface area contributed by atoms with E-state index in [1.54, 1.807) is 25.5 Å². The number of rotatable bonds is 3. The van der Waals surface area contributed by atoms with Crippen molar-refractivity contribution >= 4 is 52.7 Å². The van der Waals surface area contributed by atoms with E-state index in [1.165, 1.54) is 12.1 Å². The van der Waals surface area contributed by atoms with Crippen LogP contribution in [0.3, 0.4) is 0 Å². The van der Waals surface area contributed by atoms with Gasteiger partial charge in [-0.25, -0.2) is 9.18 Å². The molecule has 0 fully saturated rings. The lowest BCUT2D eigenvalue weighted by Crippen LogP contribution is -2.16. The fraction of sp³-hybridized carbons (Fsp3) is 0.125. The third-order valence-corrected chi connectivity index (χ3v) is 3.03. The van der Waals surface area contributed by atoms with Crippen molar-refractivity contribution in [2.24, 2.45) is 4.99 Å². The monoisotopic (exact) mass is 391 g/mol. The van der Waals surface area contributed by atoms with E-state index in [1.807, 2.05) is 24.3 Å². The van der Waals surface area contributed by atoms with Crippen molar-refractivity contribution in [3.63, 3.8) is 0 Å². The van der Waals surface area contributed by atoms with Gasteiger partial charge in [-0.2, -0.15) is 0 Å². The minimum atomic E-state index is -2.17. The van der Waals surface area contributed by atoms with Gasteiger partial charge >= 0.3 is 5.97 Å². The lowest BCUT2D eigenvalue weighted by atomic mass is 10.2. The number of nitrogens with zero attached hydrogens (tertiary/aromatic N) is 1. The van der Waals surface area contributed by atoms with Crippen LogP contribution in [0.15, 0.2) is 53.5 Å². The van der Waals surface area contributed by atoms with Gasteiger partial charge in [-0.15, -0.1) is 0 Å². The van der Waals surface area contributed by atoms with Crippen LogP contribution in [0.5, 0.6) is 5.75 Å². The molecule has 8 heteroatoms. The second kappa shape index (κ2) is 9.47. The molecule has 0 saturated heterocycles. The average Bonchev–Trinajstić information content (AvgIpc) is 2.54. The molecule has 0 aliphatic heterocycles. The number of benzene rings is 2. The van der Waals surface area contributed by atoms with Crippen molar-refractivity contribution in [1.82, 2.24) is 0 Å². The summed E-state index contributed by atoms with van der Waals surface area (Å²) in [4.78, 5) is 13.9. The molecule has 128 valence electrons. The molecule has 1 N–H and O–H groups in total. The lowest BCUT2D eigenvalue weighted by molar-refractivity contribution is -0.135. The molecule has 0 amide bonds. The van der Waals surface area contributed by atoms with Crippen LogP contribution in [0.25, 0.3) is 0 Å². The van der Waals surface area contributed by atoms with E-state index in [0.29, 0.717) is 0 Å². The first kappa shape index (κ1) is 20.2. The molecule has 0 bridgehead atoms. The Labute approximate surface area is 153 Å². The van der Waals surface area contributed by atoms with Gasteiger partial charge in [0.2, 0.25) is 0 Å². The van der Waals surface area contributed by atoms with Gasteiger partial charge in [0.05, 0.1) is 12.8 Å². The van der Waals surface area contributed by atoms with Crippen molar-refractivity contribution in [2.45, 2.75) is 3.79 Å². The summed E-state index contributed by atoms with van der Waals surface area (Å²) in [5.74, 6) is -0.908. The first-order valence-corrected chi connectivity index (χ1v) is 7.59. The first-order valence-electron chi connectivity index (χ1n) is 6.46. The molecule has 2 aromatic carbocycles. The van der Waals surface area contributed by atoms with E-state index in [0.717, 1.165) is 17.0 Å². The Morgan fingerprint density at radius 3 is 2.04 bits per heavy atom. The van der Waals surface area contributed by atoms with Gasteiger partial charge in [-0.3, -0.25) is 4.99 Å². The maximum Gasteiger partial charge on any atom is 0.356 e. The average molecular weight is 393 g/mol. The Morgan fingerprint density at radius 1 is 1.12 bits per heavy atom. The molecule has 0 spiro atoms. The minimum absolute atomic E-state index is 0.256. The van der Waals surface area contributed by atoms with E-state index < -0.39 is 9.76 Å². The largest absolute Gasteiger partial charge is 0.497 e. The van der Waals surface area contributed by atoms with E-state index in [2.05, 4.69) is 4.99 Å². The predicted molar refractivity (Wildman–Crippen MR) is 94.6 cm³/mol. The van der Waals surface area contributed by atoms with Crippen molar-refractivity contribution in [2.75, 3.05) is 7.11 Å². The Hall–Kier alpha value is -1.82. The summed E-state index contributed by atoms with van der Waals surface area (Å²) >= 11 is 14.4. The summed E-state index contributed by atoms with van der Waals surface area (Å²) in [6.07, 6.45) is 1.73. The zero-order valence-electron chi connectivity index (χ0n) is 12.4. The third-order valence-electron chi connectivity index (χ3n) is 2.55. The van der Waals surface area contributed by atoms with Crippen molar-refractivity contribution in [3.8, 4) is 5.75 Å². The number of hydrogen-bond acceptors (Lipinski definition) is 3. The fourth-order valence-electron chi connectivity index (χ4n) is 1.37. The standard InChI is InChI=1S/C14H12FNO.C2HCl3O2/c1-17-14-8-2-11(3-9-14)10-16-13-6-4-12(15)5-7-13;3-2(4,5)1(6)7/h2-10H,1H3;(H,6,7). The van der Waals surface area contributed by atoms with Gasteiger partial charge in [0, 0.05) is 6.21 Å². The number of methoxy groups -OCH3 is 1. The maximum absolute atomic E-state index is 12.7. The molecule has 4 nitrogen and oxygen atoms in total. The second-order valence-corrected chi connectivity index (χ2v) is 6.59. The number of alkyl halides is 3. The van der Waals surface area contributed by atoms with Crippen LogP contribution in [0.2, 0.25) is 0 Å². The minimum Gasteiger partial charge on any atom is -0.497 e. The van der Waals surface area contributed by atoms with E-state index >= 15 is 0 Å². The summed E-state index contributed by atoms with van der Waals surface area (Å²) in [6.45, 7) is 0. The molecule has 0 atom stereocenters. The van der Waals surface area contributed by atoms with Gasteiger partial charge < -0.3 is 9.84 Å². The molecule has 0 aliphatic carbocycles. The Morgan fingerprint density at radius 2 is 1.62 bits per heavy atom. The predicted octanol–water partition coefficient (Wildman–Crippen LogP) is 5.03. The van der Waals surface area contributed by atoms with E-state index in [4.69, 9.17) is 44.6 Å². The highest BCUT2D eigenvalue weighted by Crippen LogP contribution is 2.25. The first-order chi connectivity index (χ1) is 11.2. The third kappa shape index (κ3) is 7.64. The Kier molecular flexibility index (Phi) is 7.98. The van der Waals surface area contributed by atoms with Crippen molar-refractivity contribution < 1.29 is 19.0 Å². The van der Waals surface area contributed by atoms with Crippen LogP contribution in [-0.2, 0) is 4.79 Å². The number of aliphatic carboxylic acids is 1. The van der Waals surface area contributed by atoms with Crippen LogP contribution < -0.4 is 4.74 Å². The van der Waals surface area contributed by atoms with Gasteiger partial charge in [-0.05, 0) is 54.1 Å². The quantitative estimate of drug-likeness (QED) is 0.589. The van der Waals surface area contributed by atoms with Crippen LogP contribution in [0.1, 0.15) is 5.56 Å². The smallest absolute Gasteiger partial charge is 0.356 e. The topological polar surface area (TPSA) is 58.9 Å². The van der Waals surface area contributed by atoms with Crippen LogP contribution in [0.4, 0.5) is 10.1 Å². The number of hydrogen-bond donors (Lipinski definition) is 1. The highest BCUT2D eigenvalue weighted by Gasteiger charge is 2.29. The molecular weight excluding hydrogens is 380 g/mol. The highest BCUT2D eigenvalue weighted by molar-refractivity contribution is 6.75. The molecule has 0 aromatic heterocycles. The molecule has 0 heterocycles. The molecule has 24 heavy (non-hydrogen) atoms. The van der Waals surface area contributed by atoms with Gasteiger partial charge in [-0.1, -0.05) is 34.8 Å². The van der Waals surface area contributed by atoms with Crippen LogP contribution >= 0.6 is 34.8 Å². The lowest BCUT2D eigenvalue weighted by Gasteiger charge is -1.99. The van der Waals surface area contributed by atoms with Crippen molar-refractivity contribution in [3.05, 3.63) is 59.9 Å². The zero-order chi connectivity index (χ0) is 18.2. The number of ether oxygens (including phenoxy) is 1.